The van der Waals surface area contributed by atoms with Crippen molar-refractivity contribution < 1.29 is 23.4 Å². The summed E-state index contributed by atoms with van der Waals surface area (Å²) in [5, 5.41) is 10.7. The summed E-state index contributed by atoms with van der Waals surface area (Å²) in [7, 11) is 0. The molecule has 146 valence electrons. The summed E-state index contributed by atoms with van der Waals surface area (Å²) in [6.07, 6.45) is 1.38. The van der Waals surface area contributed by atoms with Crippen LogP contribution in [-0.4, -0.2) is 33.3 Å². The second kappa shape index (κ2) is 7.06. The highest BCUT2D eigenvalue weighted by Crippen LogP contribution is 2.40. The summed E-state index contributed by atoms with van der Waals surface area (Å²) in [5.41, 5.74) is 1.96. The van der Waals surface area contributed by atoms with Gasteiger partial charge in [0.25, 0.3) is 11.6 Å². The molecular formula is C19H20N4O5. The predicted octanol–water partition coefficient (Wildman–Crippen LogP) is 3.28. The van der Waals surface area contributed by atoms with E-state index < -0.39 is 18.0 Å². The summed E-state index contributed by atoms with van der Waals surface area (Å²) < 4.78 is 15.7. The highest BCUT2D eigenvalue weighted by atomic mass is 16.5. The largest absolute Gasteiger partial charge is 0.449 e. The molecule has 3 aromatic rings. The summed E-state index contributed by atoms with van der Waals surface area (Å²) >= 11 is 0. The fraction of sp³-hybridized carbons (Fsp3) is 0.421. The number of hydrogen-bond donors (Lipinski definition) is 1. The van der Waals surface area contributed by atoms with Crippen LogP contribution >= 0.6 is 0 Å². The molecule has 1 aliphatic rings. The lowest BCUT2D eigenvalue weighted by atomic mass is 10.1. The zero-order chi connectivity index (χ0) is 19.8. The molecule has 1 atom stereocenters. The van der Waals surface area contributed by atoms with Crippen molar-refractivity contribution in [2.45, 2.75) is 52.1 Å². The monoisotopic (exact) mass is 384 g/mol. The van der Waals surface area contributed by atoms with Gasteiger partial charge in [-0.3, -0.25) is 4.79 Å². The molecule has 1 saturated carbocycles. The van der Waals surface area contributed by atoms with Gasteiger partial charge in [0.15, 0.2) is 11.9 Å². The molecule has 28 heavy (non-hydrogen) atoms. The van der Waals surface area contributed by atoms with Crippen molar-refractivity contribution >= 4 is 28.8 Å². The molecule has 0 spiro atoms. The fourth-order valence-corrected chi connectivity index (χ4v) is 3.01. The first-order valence-electron chi connectivity index (χ1n) is 9.18. The number of pyridine rings is 1. The molecule has 0 bridgehead atoms. The minimum absolute atomic E-state index is 0.272. The molecule has 0 aromatic carbocycles. The van der Waals surface area contributed by atoms with E-state index in [1.807, 2.05) is 0 Å². The van der Waals surface area contributed by atoms with Gasteiger partial charge in [0, 0.05) is 17.7 Å². The van der Waals surface area contributed by atoms with Crippen molar-refractivity contribution in [2.24, 2.45) is 0 Å². The number of hydrogen-bond acceptors (Lipinski definition) is 8. The van der Waals surface area contributed by atoms with E-state index in [0.29, 0.717) is 40.5 Å². The van der Waals surface area contributed by atoms with Crippen LogP contribution in [0.5, 0.6) is 0 Å². The molecule has 1 fully saturated rings. The molecule has 3 heterocycles. The molecule has 0 radical (unpaired) electrons. The zero-order valence-corrected chi connectivity index (χ0v) is 15.8. The summed E-state index contributed by atoms with van der Waals surface area (Å²) in [4.78, 5) is 29.8. The third-order valence-corrected chi connectivity index (χ3v) is 4.64. The summed E-state index contributed by atoms with van der Waals surface area (Å²) in [6.45, 7) is 5.21. The van der Waals surface area contributed by atoms with Gasteiger partial charge in [0.2, 0.25) is 0 Å². The van der Waals surface area contributed by atoms with Crippen molar-refractivity contribution in [2.75, 3.05) is 5.32 Å². The number of fused-ring (bicyclic) bond motifs is 1. The molecule has 1 N–H and O–H groups in total. The quantitative estimate of drug-likeness (QED) is 0.643. The van der Waals surface area contributed by atoms with Crippen molar-refractivity contribution in [1.29, 1.82) is 0 Å². The average Bonchev–Trinajstić information content (AvgIpc) is 3.36. The minimum atomic E-state index is -0.975. The average molecular weight is 384 g/mol. The van der Waals surface area contributed by atoms with E-state index in [0.717, 1.165) is 18.5 Å². The van der Waals surface area contributed by atoms with Gasteiger partial charge < -0.3 is 19.1 Å². The molecule has 0 unspecified atom stereocenters. The highest BCUT2D eigenvalue weighted by molar-refractivity contribution is 6.04. The Morgan fingerprint density at radius 2 is 2.04 bits per heavy atom. The van der Waals surface area contributed by atoms with Crippen LogP contribution in [0.4, 0.5) is 5.82 Å². The lowest BCUT2D eigenvalue weighted by Crippen LogP contribution is -2.32. The maximum atomic E-state index is 12.9. The Hall–Kier alpha value is -3.23. The number of rotatable bonds is 6. The number of ether oxygens (including phenoxy) is 1. The number of nitrogens with zero attached hydrogens (tertiary/aromatic N) is 3. The second-order valence-corrected chi connectivity index (χ2v) is 6.93. The van der Waals surface area contributed by atoms with Crippen molar-refractivity contribution in [3.05, 3.63) is 34.8 Å². The fourth-order valence-electron chi connectivity index (χ4n) is 3.01. The van der Waals surface area contributed by atoms with E-state index >= 15 is 0 Å². The SMILES string of the molecule is CC[C@H](OC(=O)c1cc(C2CC2)nc2onc(C)c12)C(=O)Nc1cc(C)on1. The molecule has 0 saturated heterocycles. The van der Waals surface area contributed by atoms with Crippen LogP contribution < -0.4 is 5.32 Å². The Labute approximate surface area is 160 Å². The first kappa shape index (κ1) is 18.1. The van der Waals surface area contributed by atoms with E-state index in [1.54, 1.807) is 32.9 Å². The molecule has 1 amide bonds. The number of anilines is 1. The third kappa shape index (κ3) is 3.47. The summed E-state index contributed by atoms with van der Waals surface area (Å²) in [5.74, 6) is 0.0733. The Morgan fingerprint density at radius 1 is 1.25 bits per heavy atom. The third-order valence-electron chi connectivity index (χ3n) is 4.64. The normalized spacial score (nSPS) is 14.8. The second-order valence-electron chi connectivity index (χ2n) is 6.93. The van der Waals surface area contributed by atoms with E-state index in [-0.39, 0.29) is 5.82 Å². The van der Waals surface area contributed by atoms with Gasteiger partial charge in [-0.05, 0) is 39.2 Å². The van der Waals surface area contributed by atoms with E-state index in [9.17, 15) is 9.59 Å². The van der Waals surface area contributed by atoms with E-state index in [4.69, 9.17) is 13.8 Å². The molecule has 1 aliphatic carbocycles. The first-order chi connectivity index (χ1) is 13.5. The van der Waals surface area contributed by atoms with Crippen LogP contribution in [0.1, 0.15) is 59.6 Å². The molecule has 3 aromatic heterocycles. The Morgan fingerprint density at radius 3 is 2.68 bits per heavy atom. The van der Waals surface area contributed by atoms with E-state index in [2.05, 4.69) is 20.6 Å². The number of aromatic nitrogens is 3. The number of amides is 1. The smallest absolute Gasteiger partial charge is 0.339 e. The number of carbonyl (C=O) groups is 2. The van der Waals surface area contributed by atoms with Gasteiger partial charge in [0.1, 0.15) is 5.76 Å². The maximum Gasteiger partial charge on any atom is 0.339 e. The highest BCUT2D eigenvalue weighted by Gasteiger charge is 2.30. The Bertz CT molecular complexity index is 1050. The molecule has 9 nitrogen and oxygen atoms in total. The Kier molecular flexibility index (Phi) is 4.58. The molecular weight excluding hydrogens is 364 g/mol. The first-order valence-corrected chi connectivity index (χ1v) is 9.18. The molecule has 9 heteroatoms. The maximum absolute atomic E-state index is 12.9. The number of carbonyl (C=O) groups excluding carboxylic acids is 2. The van der Waals surface area contributed by atoms with Gasteiger partial charge in [-0.1, -0.05) is 17.2 Å². The van der Waals surface area contributed by atoms with Gasteiger partial charge in [0.05, 0.1) is 16.6 Å². The summed E-state index contributed by atoms with van der Waals surface area (Å²) in [6, 6.07) is 3.30. The van der Waals surface area contributed by atoms with Crippen molar-refractivity contribution in [3.8, 4) is 0 Å². The van der Waals surface area contributed by atoms with Crippen molar-refractivity contribution in [1.82, 2.24) is 15.3 Å². The van der Waals surface area contributed by atoms with Gasteiger partial charge >= 0.3 is 5.97 Å². The van der Waals surface area contributed by atoms with Gasteiger partial charge in [-0.2, -0.15) is 0 Å². The lowest BCUT2D eigenvalue weighted by molar-refractivity contribution is -0.124. The number of aryl methyl sites for hydroxylation is 2. The standard InChI is InChI=1S/C19H20N4O5/c1-4-14(17(24)21-15-7-9(2)27-23-15)26-19(25)12-8-13(11-5-6-11)20-18-16(12)10(3)22-28-18/h7-8,11,14H,4-6H2,1-3H3,(H,21,23,24)/t14-/m0/s1. The lowest BCUT2D eigenvalue weighted by Gasteiger charge is -2.15. The minimum Gasteiger partial charge on any atom is -0.449 e. The Balaban J connectivity index is 1.58. The van der Waals surface area contributed by atoms with Crippen LogP contribution in [-0.2, 0) is 9.53 Å². The van der Waals surface area contributed by atoms with Crippen molar-refractivity contribution in [3.63, 3.8) is 0 Å². The number of nitrogens with one attached hydrogen (secondary N) is 1. The van der Waals surface area contributed by atoms with Gasteiger partial charge in [-0.25, -0.2) is 9.78 Å². The topological polar surface area (TPSA) is 120 Å². The molecule has 0 aliphatic heterocycles. The van der Waals surface area contributed by atoms with Crippen LogP contribution in [0.2, 0.25) is 0 Å². The van der Waals surface area contributed by atoms with Crippen LogP contribution in [0.25, 0.3) is 11.1 Å². The van der Waals surface area contributed by atoms with Crippen LogP contribution in [0.15, 0.2) is 21.2 Å². The predicted molar refractivity (Wildman–Crippen MR) is 97.9 cm³/mol. The van der Waals surface area contributed by atoms with E-state index in [1.165, 1.54) is 0 Å². The zero-order valence-electron chi connectivity index (χ0n) is 15.8. The number of esters is 1. The molecule has 4 rings (SSSR count). The van der Waals surface area contributed by atoms with Crippen LogP contribution in [0.3, 0.4) is 0 Å². The van der Waals surface area contributed by atoms with Gasteiger partial charge in [-0.15, -0.1) is 0 Å². The van der Waals surface area contributed by atoms with Crippen LogP contribution in [0, 0.1) is 13.8 Å².